The molecule has 0 aromatic carbocycles. The second kappa shape index (κ2) is 6.20. The van der Waals surface area contributed by atoms with Crippen LogP contribution >= 0.6 is 0 Å². The van der Waals surface area contributed by atoms with E-state index in [1.165, 1.54) is 12.8 Å². The Morgan fingerprint density at radius 2 is 1.73 bits per heavy atom. The first-order valence-corrected chi connectivity index (χ1v) is 4.56. The van der Waals surface area contributed by atoms with Gasteiger partial charge in [0, 0.05) is 13.0 Å². The zero-order valence-electron chi connectivity index (χ0n) is 7.81. The van der Waals surface area contributed by atoms with Crippen LogP contribution in [0, 0.1) is 5.92 Å². The highest BCUT2D eigenvalue weighted by molar-refractivity contribution is 5.78. The molecule has 1 rings (SSSR count). The second-order valence-electron chi connectivity index (χ2n) is 2.60. The summed E-state index contributed by atoms with van der Waals surface area (Å²) in [5, 5.41) is 2.67. The average molecular weight is 157 g/mol. The van der Waals surface area contributed by atoms with Crippen molar-refractivity contribution in [1.29, 1.82) is 0 Å². The molecule has 66 valence electrons. The van der Waals surface area contributed by atoms with E-state index in [1.54, 1.807) is 7.05 Å². The Morgan fingerprint density at radius 3 is 2.09 bits per heavy atom. The molecule has 0 bridgehead atoms. The predicted molar refractivity (Wildman–Crippen MR) is 47.4 cm³/mol. The number of amides is 1. The molecular weight excluding hydrogens is 138 g/mol. The summed E-state index contributed by atoms with van der Waals surface area (Å²) in [5.41, 5.74) is 0. The highest BCUT2D eigenvalue weighted by Crippen LogP contribution is 2.24. The van der Waals surface area contributed by atoms with Gasteiger partial charge in [-0.3, -0.25) is 4.79 Å². The third-order valence-corrected chi connectivity index (χ3v) is 1.97. The van der Waals surface area contributed by atoms with Crippen LogP contribution in [0.2, 0.25) is 0 Å². The first-order valence-electron chi connectivity index (χ1n) is 4.56. The molecule has 0 atom stereocenters. The molecule has 1 aliphatic rings. The Morgan fingerprint density at radius 1 is 1.27 bits per heavy atom. The largest absolute Gasteiger partial charge is 0.359 e. The van der Waals surface area contributed by atoms with Gasteiger partial charge in [-0.15, -0.1) is 0 Å². The lowest BCUT2D eigenvalue weighted by Crippen LogP contribution is -2.25. The van der Waals surface area contributed by atoms with Crippen molar-refractivity contribution in [1.82, 2.24) is 5.32 Å². The summed E-state index contributed by atoms with van der Waals surface area (Å²) >= 11 is 0. The fraction of sp³-hybridized carbons (Fsp3) is 0.889. The summed E-state index contributed by atoms with van der Waals surface area (Å²) in [6.45, 7) is 4.00. The van der Waals surface area contributed by atoms with Gasteiger partial charge in [-0.05, 0) is 12.8 Å². The summed E-state index contributed by atoms with van der Waals surface area (Å²) < 4.78 is 0. The van der Waals surface area contributed by atoms with Crippen LogP contribution in [-0.2, 0) is 4.79 Å². The molecule has 2 nitrogen and oxygen atoms in total. The lowest BCUT2D eigenvalue weighted by Gasteiger charge is -2.04. The molecule has 0 spiro atoms. The number of rotatable bonds is 1. The zero-order valence-corrected chi connectivity index (χ0v) is 7.81. The fourth-order valence-corrected chi connectivity index (χ4v) is 1.39. The van der Waals surface area contributed by atoms with Crippen molar-refractivity contribution in [2.75, 3.05) is 7.05 Å². The molecule has 1 aliphatic carbocycles. The molecule has 1 amide bonds. The van der Waals surface area contributed by atoms with Crippen molar-refractivity contribution >= 4 is 5.91 Å². The third kappa shape index (κ3) is 3.40. The summed E-state index contributed by atoms with van der Waals surface area (Å²) in [6.07, 6.45) is 4.66. The van der Waals surface area contributed by atoms with Crippen molar-refractivity contribution in [2.24, 2.45) is 5.92 Å². The number of hydrogen-bond donors (Lipinski definition) is 1. The van der Waals surface area contributed by atoms with Gasteiger partial charge in [0.05, 0.1) is 0 Å². The molecule has 1 fully saturated rings. The third-order valence-electron chi connectivity index (χ3n) is 1.97. The summed E-state index contributed by atoms with van der Waals surface area (Å²) in [6, 6.07) is 0. The molecule has 0 aromatic heterocycles. The highest BCUT2D eigenvalue weighted by atomic mass is 16.1. The normalized spacial score (nSPS) is 17.0. The van der Waals surface area contributed by atoms with Crippen molar-refractivity contribution in [3.8, 4) is 0 Å². The van der Waals surface area contributed by atoms with Gasteiger partial charge < -0.3 is 5.32 Å². The SMILES string of the molecule is CC.CNC(=O)C1CCCC1. The van der Waals surface area contributed by atoms with Gasteiger partial charge in [0.1, 0.15) is 0 Å². The second-order valence-corrected chi connectivity index (χ2v) is 2.60. The topological polar surface area (TPSA) is 29.1 Å². The molecule has 0 radical (unpaired) electrons. The fourth-order valence-electron chi connectivity index (χ4n) is 1.39. The number of nitrogens with one attached hydrogen (secondary N) is 1. The molecule has 1 saturated carbocycles. The minimum Gasteiger partial charge on any atom is -0.359 e. The number of carbonyl (C=O) groups is 1. The molecule has 0 unspecified atom stereocenters. The van der Waals surface area contributed by atoms with Crippen LogP contribution in [0.3, 0.4) is 0 Å². The summed E-state index contributed by atoms with van der Waals surface area (Å²) in [7, 11) is 1.71. The van der Waals surface area contributed by atoms with E-state index in [4.69, 9.17) is 0 Å². The number of hydrogen-bond acceptors (Lipinski definition) is 1. The first-order chi connectivity index (χ1) is 5.34. The maximum absolute atomic E-state index is 10.9. The Hall–Kier alpha value is -0.530. The minimum atomic E-state index is 0.229. The van der Waals surface area contributed by atoms with Crippen LogP contribution in [0.25, 0.3) is 0 Å². The molecular formula is C9H19NO. The van der Waals surface area contributed by atoms with Gasteiger partial charge in [-0.25, -0.2) is 0 Å². The lowest BCUT2D eigenvalue weighted by atomic mass is 10.1. The molecule has 11 heavy (non-hydrogen) atoms. The number of carbonyl (C=O) groups excluding carboxylic acids is 1. The van der Waals surface area contributed by atoms with Crippen molar-refractivity contribution in [2.45, 2.75) is 39.5 Å². The van der Waals surface area contributed by atoms with Gasteiger partial charge in [-0.2, -0.15) is 0 Å². The Bertz CT molecular complexity index is 106. The Balaban J connectivity index is 0.000000461. The quantitative estimate of drug-likeness (QED) is 0.619. The minimum absolute atomic E-state index is 0.229. The van der Waals surface area contributed by atoms with E-state index < -0.39 is 0 Å². The Kier molecular flexibility index (Phi) is 5.90. The average Bonchev–Trinajstić information content (AvgIpc) is 2.59. The van der Waals surface area contributed by atoms with Gasteiger partial charge in [0.25, 0.3) is 0 Å². The van der Waals surface area contributed by atoms with E-state index in [2.05, 4.69) is 5.32 Å². The molecule has 1 N–H and O–H groups in total. The van der Waals surface area contributed by atoms with E-state index in [1.807, 2.05) is 13.8 Å². The summed E-state index contributed by atoms with van der Waals surface area (Å²) in [5.74, 6) is 0.558. The standard InChI is InChI=1S/C7H13NO.C2H6/c1-8-7(9)6-4-2-3-5-6;1-2/h6H,2-5H2,1H3,(H,8,9);1-2H3. The van der Waals surface area contributed by atoms with E-state index in [0.29, 0.717) is 5.92 Å². The zero-order chi connectivity index (χ0) is 8.69. The highest BCUT2D eigenvalue weighted by Gasteiger charge is 2.20. The molecule has 0 aliphatic heterocycles. The van der Waals surface area contributed by atoms with E-state index >= 15 is 0 Å². The molecule has 0 heterocycles. The van der Waals surface area contributed by atoms with Crippen LogP contribution in [-0.4, -0.2) is 13.0 Å². The van der Waals surface area contributed by atoms with Crippen LogP contribution in [0.1, 0.15) is 39.5 Å². The van der Waals surface area contributed by atoms with Crippen LogP contribution in [0.5, 0.6) is 0 Å². The van der Waals surface area contributed by atoms with Crippen molar-refractivity contribution < 1.29 is 4.79 Å². The Labute approximate surface area is 69.4 Å². The van der Waals surface area contributed by atoms with Crippen LogP contribution in [0.4, 0.5) is 0 Å². The van der Waals surface area contributed by atoms with E-state index in [9.17, 15) is 4.79 Å². The van der Waals surface area contributed by atoms with Gasteiger partial charge >= 0.3 is 0 Å². The van der Waals surface area contributed by atoms with Crippen LogP contribution in [0.15, 0.2) is 0 Å². The van der Waals surface area contributed by atoms with Gasteiger partial charge in [0.2, 0.25) is 5.91 Å². The monoisotopic (exact) mass is 157 g/mol. The van der Waals surface area contributed by atoms with E-state index in [0.717, 1.165) is 12.8 Å². The smallest absolute Gasteiger partial charge is 0.222 e. The van der Waals surface area contributed by atoms with Crippen molar-refractivity contribution in [3.05, 3.63) is 0 Å². The maximum atomic E-state index is 10.9. The maximum Gasteiger partial charge on any atom is 0.222 e. The van der Waals surface area contributed by atoms with Crippen molar-refractivity contribution in [3.63, 3.8) is 0 Å². The van der Waals surface area contributed by atoms with Gasteiger partial charge in [0.15, 0.2) is 0 Å². The molecule has 0 aromatic rings. The lowest BCUT2D eigenvalue weighted by molar-refractivity contribution is -0.124. The predicted octanol–water partition coefficient (Wildman–Crippen LogP) is 1.95. The summed E-state index contributed by atoms with van der Waals surface area (Å²) in [4.78, 5) is 10.9. The first kappa shape index (κ1) is 10.5. The van der Waals surface area contributed by atoms with Gasteiger partial charge in [-0.1, -0.05) is 26.7 Å². The van der Waals surface area contributed by atoms with Crippen LogP contribution < -0.4 is 5.32 Å². The molecule has 2 heteroatoms. The van der Waals surface area contributed by atoms with E-state index in [-0.39, 0.29) is 5.91 Å². The molecule has 0 saturated heterocycles.